The van der Waals surface area contributed by atoms with E-state index in [9.17, 15) is 9.59 Å². The Labute approximate surface area is 196 Å². The Bertz CT molecular complexity index is 1150. The molecule has 1 aliphatic carbocycles. The molecule has 0 unspecified atom stereocenters. The lowest BCUT2D eigenvalue weighted by Crippen LogP contribution is -2.25. The third-order valence-electron chi connectivity index (χ3n) is 5.48. The number of carbonyl (C=O) groups excluding carboxylic acids is 2. The zero-order valence-electron chi connectivity index (χ0n) is 19.1. The molecule has 2 aromatic heterocycles. The molecule has 2 N–H and O–H groups in total. The summed E-state index contributed by atoms with van der Waals surface area (Å²) in [6.45, 7) is 6.59. The van der Waals surface area contributed by atoms with Gasteiger partial charge in [-0.05, 0) is 80.6 Å². The highest BCUT2D eigenvalue weighted by Crippen LogP contribution is 2.38. The van der Waals surface area contributed by atoms with E-state index in [1.165, 1.54) is 16.2 Å². The maximum atomic E-state index is 13.1. The number of fused-ring (bicyclic) bond motifs is 1. The molecule has 9 nitrogen and oxygen atoms in total. The van der Waals surface area contributed by atoms with Crippen LogP contribution in [0.2, 0.25) is 0 Å². The molecule has 0 spiro atoms. The van der Waals surface area contributed by atoms with E-state index < -0.39 is 0 Å². The fourth-order valence-corrected chi connectivity index (χ4v) is 5.18. The number of hydrogen-bond donors (Lipinski definition) is 2. The summed E-state index contributed by atoms with van der Waals surface area (Å²) in [5.41, 5.74) is 2.13. The molecule has 3 aromatic rings. The van der Waals surface area contributed by atoms with Gasteiger partial charge in [-0.25, -0.2) is 4.68 Å². The topological polar surface area (TPSA) is 111 Å². The molecule has 0 aliphatic heterocycles. The summed E-state index contributed by atoms with van der Waals surface area (Å²) < 4.78 is 7.53. The monoisotopic (exact) mass is 468 g/mol. The fourth-order valence-electron chi connectivity index (χ4n) is 3.90. The van der Waals surface area contributed by atoms with Crippen LogP contribution in [-0.4, -0.2) is 38.6 Å². The summed E-state index contributed by atoms with van der Waals surface area (Å²) in [5, 5.41) is 18.1. The molecule has 0 radical (unpaired) electrons. The van der Waals surface area contributed by atoms with Crippen LogP contribution < -0.4 is 15.4 Å². The van der Waals surface area contributed by atoms with Crippen LogP contribution in [-0.2, 0) is 19.4 Å². The van der Waals surface area contributed by atoms with E-state index in [-0.39, 0.29) is 24.5 Å². The highest BCUT2D eigenvalue weighted by atomic mass is 32.1. The predicted octanol–water partition coefficient (Wildman–Crippen LogP) is 3.78. The van der Waals surface area contributed by atoms with Gasteiger partial charge >= 0.3 is 0 Å². The summed E-state index contributed by atoms with van der Waals surface area (Å²) in [6.07, 6.45) is 3.98. The van der Waals surface area contributed by atoms with Gasteiger partial charge in [0, 0.05) is 17.0 Å². The minimum Gasteiger partial charge on any atom is -0.486 e. The Morgan fingerprint density at radius 3 is 2.82 bits per heavy atom. The van der Waals surface area contributed by atoms with Crippen LogP contribution in [0, 0.1) is 0 Å². The van der Waals surface area contributed by atoms with E-state index in [4.69, 9.17) is 4.74 Å². The minimum absolute atomic E-state index is 0.117. The van der Waals surface area contributed by atoms with Crippen LogP contribution >= 0.6 is 11.3 Å². The average Bonchev–Trinajstić information content (AvgIpc) is 3.42. The number of hydrogen-bond acceptors (Lipinski definition) is 7. The van der Waals surface area contributed by atoms with Gasteiger partial charge in [-0.15, -0.1) is 16.4 Å². The molecule has 4 rings (SSSR count). The molecule has 1 aromatic carbocycles. The van der Waals surface area contributed by atoms with Crippen LogP contribution in [0.15, 0.2) is 24.3 Å². The number of nitrogens with one attached hydrogen (secondary N) is 2. The number of aryl methyl sites for hydroxylation is 1. The van der Waals surface area contributed by atoms with Crippen molar-refractivity contribution in [1.82, 2.24) is 25.5 Å². The summed E-state index contributed by atoms with van der Waals surface area (Å²) in [5.74, 6) is 0.731. The number of amides is 2. The molecule has 0 saturated heterocycles. The Balaban J connectivity index is 1.51. The first-order valence-corrected chi connectivity index (χ1v) is 12.0. The quantitative estimate of drug-likeness (QED) is 0.521. The van der Waals surface area contributed by atoms with Gasteiger partial charge in [0.1, 0.15) is 17.4 Å². The molecule has 0 fully saturated rings. The number of benzene rings is 1. The molecular weight excluding hydrogens is 440 g/mol. The van der Waals surface area contributed by atoms with Crippen LogP contribution in [0.5, 0.6) is 5.75 Å². The lowest BCUT2D eigenvalue weighted by atomic mass is 9.95. The van der Waals surface area contributed by atoms with E-state index in [1.807, 2.05) is 20.8 Å². The standard InChI is InChI=1S/C23H28N6O3S/c1-4-24-22(31)20-17-10-5-6-11-18(17)33-23(20)25-21(30)15-8-7-9-16(12-15)32-13-19-26-27-28-29(19)14(2)3/h7-9,12,14H,4-6,10-11,13H2,1-3H3,(H,24,31)(H,25,30). The van der Waals surface area contributed by atoms with Gasteiger partial charge in [-0.3, -0.25) is 9.59 Å². The number of nitrogens with zero attached hydrogens (tertiary/aromatic N) is 4. The number of aromatic nitrogens is 4. The molecule has 174 valence electrons. The maximum Gasteiger partial charge on any atom is 0.256 e. The third-order valence-corrected chi connectivity index (χ3v) is 6.68. The zero-order chi connectivity index (χ0) is 23.4. The number of ether oxygens (including phenoxy) is 1. The summed E-state index contributed by atoms with van der Waals surface area (Å²) in [4.78, 5) is 27.0. The van der Waals surface area contributed by atoms with Gasteiger partial charge in [0.25, 0.3) is 11.8 Å². The van der Waals surface area contributed by atoms with E-state index in [0.717, 1.165) is 31.2 Å². The maximum absolute atomic E-state index is 13.1. The smallest absolute Gasteiger partial charge is 0.256 e. The molecule has 2 amide bonds. The second-order valence-corrected chi connectivity index (χ2v) is 9.28. The van der Waals surface area contributed by atoms with Crippen LogP contribution in [0.1, 0.15) is 76.6 Å². The molecule has 0 bridgehead atoms. The molecular formula is C23H28N6O3S. The Morgan fingerprint density at radius 1 is 1.21 bits per heavy atom. The van der Waals surface area contributed by atoms with Crippen molar-refractivity contribution in [2.75, 3.05) is 11.9 Å². The summed E-state index contributed by atoms with van der Waals surface area (Å²) in [7, 11) is 0. The van der Waals surface area contributed by atoms with Crippen molar-refractivity contribution >= 4 is 28.2 Å². The van der Waals surface area contributed by atoms with Crippen molar-refractivity contribution in [3.8, 4) is 5.75 Å². The van der Waals surface area contributed by atoms with Crippen molar-refractivity contribution in [1.29, 1.82) is 0 Å². The van der Waals surface area contributed by atoms with Crippen LogP contribution in [0.25, 0.3) is 0 Å². The minimum atomic E-state index is -0.281. The summed E-state index contributed by atoms with van der Waals surface area (Å²) >= 11 is 1.51. The first-order valence-electron chi connectivity index (χ1n) is 11.2. The highest BCUT2D eigenvalue weighted by molar-refractivity contribution is 7.17. The van der Waals surface area contributed by atoms with Gasteiger partial charge in [-0.1, -0.05) is 6.07 Å². The summed E-state index contributed by atoms with van der Waals surface area (Å²) in [6, 6.07) is 7.06. The van der Waals surface area contributed by atoms with E-state index in [2.05, 4.69) is 26.2 Å². The van der Waals surface area contributed by atoms with Crippen molar-refractivity contribution in [3.63, 3.8) is 0 Å². The number of anilines is 1. The average molecular weight is 469 g/mol. The Hall–Kier alpha value is -3.27. The van der Waals surface area contributed by atoms with Crippen LogP contribution in [0.3, 0.4) is 0 Å². The number of rotatable bonds is 8. The van der Waals surface area contributed by atoms with Crippen molar-refractivity contribution < 1.29 is 14.3 Å². The second kappa shape index (κ2) is 10.1. The van der Waals surface area contributed by atoms with Crippen molar-refractivity contribution in [3.05, 3.63) is 51.7 Å². The SMILES string of the molecule is CCNC(=O)c1c(NC(=O)c2cccc(OCc3nnnn3C(C)C)c2)sc2c1CCCC2. The largest absolute Gasteiger partial charge is 0.486 e. The molecule has 1 aliphatic rings. The molecule has 0 saturated carbocycles. The Morgan fingerprint density at radius 2 is 2.03 bits per heavy atom. The highest BCUT2D eigenvalue weighted by Gasteiger charge is 2.26. The Kier molecular flexibility index (Phi) is 7.02. The molecule has 0 atom stereocenters. The number of thiophene rings is 1. The van der Waals surface area contributed by atoms with Crippen molar-refractivity contribution in [2.45, 2.75) is 59.1 Å². The van der Waals surface area contributed by atoms with Gasteiger partial charge in [-0.2, -0.15) is 0 Å². The van der Waals surface area contributed by atoms with E-state index in [1.54, 1.807) is 28.9 Å². The number of tetrazole rings is 1. The number of carbonyl (C=O) groups is 2. The zero-order valence-corrected chi connectivity index (χ0v) is 19.9. The first-order chi connectivity index (χ1) is 16.0. The first kappa shape index (κ1) is 22.9. The second-order valence-electron chi connectivity index (χ2n) is 8.18. The van der Waals surface area contributed by atoms with Gasteiger partial charge in [0.2, 0.25) is 0 Å². The van der Waals surface area contributed by atoms with Gasteiger partial charge < -0.3 is 15.4 Å². The van der Waals surface area contributed by atoms with Crippen molar-refractivity contribution in [2.24, 2.45) is 0 Å². The lowest BCUT2D eigenvalue weighted by molar-refractivity contribution is 0.0956. The fraction of sp³-hybridized carbons (Fsp3) is 0.435. The lowest BCUT2D eigenvalue weighted by Gasteiger charge is -2.13. The molecule has 10 heteroatoms. The normalized spacial score (nSPS) is 13.0. The molecule has 33 heavy (non-hydrogen) atoms. The van der Waals surface area contributed by atoms with E-state index >= 15 is 0 Å². The van der Waals surface area contributed by atoms with E-state index in [0.29, 0.717) is 34.2 Å². The van der Waals surface area contributed by atoms with Gasteiger partial charge in [0.15, 0.2) is 5.82 Å². The third kappa shape index (κ3) is 5.05. The predicted molar refractivity (Wildman–Crippen MR) is 126 cm³/mol. The van der Waals surface area contributed by atoms with Gasteiger partial charge in [0.05, 0.1) is 11.6 Å². The molecule has 2 heterocycles. The van der Waals surface area contributed by atoms with Crippen LogP contribution in [0.4, 0.5) is 5.00 Å².